The molecule has 6 nitrogen and oxygen atoms in total. The SMILES string of the molecule is C=C1NC(c2cc(OC)nn2C)C(c2ccc(C(C)C)cc2)C(=O)N1C.CC. The van der Waals surface area contributed by atoms with Gasteiger partial charge < -0.3 is 15.0 Å². The Hall–Kier alpha value is -2.76. The molecule has 6 heteroatoms. The topological polar surface area (TPSA) is 59.4 Å². The Bertz CT molecular complexity index is 824. The lowest BCUT2D eigenvalue weighted by Crippen LogP contribution is -2.48. The first kappa shape index (κ1) is 21.5. The second kappa shape index (κ2) is 8.95. The number of methoxy groups -OCH3 is 1. The van der Waals surface area contributed by atoms with Gasteiger partial charge in [0.05, 0.1) is 24.8 Å². The standard InChI is InChI=1S/C20H26N4O2.C2H6/c1-12(2)14-7-9-15(10-8-14)18-19(21-13(3)23(4)20(18)25)16-11-17(26-6)22-24(16)5;1-2/h7-12,18-19,21H,3H2,1-2,4-6H3;1-2H3. The lowest BCUT2D eigenvalue weighted by molar-refractivity contribution is -0.132. The van der Waals surface area contributed by atoms with E-state index in [1.165, 1.54) is 5.56 Å². The minimum Gasteiger partial charge on any atom is -0.480 e. The summed E-state index contributed by atoms with van der Waals surface area (Å²) in [6.07, 6.45) is 0. The van der Waals surface area contributed by atoms with Crippen LogP contribution in [0.25, 0.3) is 0 Å². The Morgan fingerprint density at radius 1 is 1.18 bits per heavy atom. The number of likely N-dealkylation sites (N-methyl/N-ethyl adjacent to an activating group) is 1. The zero-order chi connectivity index (χ0) is 21.0. The third-order valence-electron chi connectivity index (χ3n) is 5.04. The fourth-order valence-electron chi connectivity index (χ4n) is 3.36. The van der Waals surface area contributed by atoms with Gasteiger partial charge in [-0.15, -0.1) is 5.10 Å². The largest absolute Gasteiger partial charge is 0.480 e. The number of carbonyl (C=O) groups is 1. The third-order valence-corrected chi connectivity index (χ3v) is 5.04. The molecule has 3 rings (SSSR count). The van der Waals surface area contributed by atoms with Crippen LogP contribution in [0.4, 0.5) is 0 Å². The van der Waals surface area contributed by atoms with Crippen LogP contribution in [0.2, 0.25) is 0 Å². The van der Waals surface area contributed by atoms with Crippen molar-refractivity contribution in [2.24, 2.45) is 7.05 Å². The van der Waals surface area contributed by atoms with Crippen LogP contribution in [0.1, 0.15) is 62.4 Å². The van der Waals surface area contributed by atoms with Gasteiger partial charge in [0, 0.05) is 20.2 Å². The molecule has 0 saturated carbocycles. The van der Waals surface area contributed by atoms with Crippen LogP contribution in [-0.2, 0) is 11.8 Å². The highest BCUT2D eigenvalue weighted by Gasteiger charge is 2.40. The molecule has 0 spiro atoms. The van der Waals surface area contributed by atoms with E-state index in [1.54, 1.807) is 23.7 Å². The van der Waals surface area contributed by atoms with Crippen molar-refractivity contribution < 1.29 is 9.53 Å². The fourth-order valence-corrected chi connectivity index (χ4v) is 3.36. The van der Waals surface area contributed by atoms with Crippen molar-refractivity contribution >= 4 is 5.91 Å². The number of amides is 1. The first-order valence-electron chi connectivity index (χ1n) is 9.74. The van der Waals surface area contributed by atoms with Crippen LogP contribution >= 0.6 is 0 Å². The highest BCUT2D eigenvalue weighted by molar-refractivity contribution is 5.87. The van der Waals surface area contributed by atoms with E-state index < -0.39 is 0 Å². The zero-order valence-corrected chi connectivity index (χ0v) is 18.0. The molecule has 28 heavy (non-hydrogen) atoms. The van der Waals surface area contributed by atoms with Gasteiger partial charge in [0.1, 0.15) is 5.82 Å². The molecular formula is C22H32N4O2. The molecule has 0 aliphatic carbocycles. The lowest BCUT2D eigenvalue weighted by atomic mass is 9.85. The van der Waals surface area contributed by atoms with Crippen molar-refractivity contribution in [3.8, 4) is 5.88 Å². The summed E-state index contributed by atoms with van der Waals surface area (Å²) in [7, 11) is 5.18. The summed E-state index contributed by atoms with van der Waals surface area (Å²) < 4.78 is 6.99. The molecule has 2 heterocycles. The van der Waals surface area contributed by atoms with E-state index in [4.69, 9.17) is 4.74 Å². The summed E-state index contributed by atoms with van der Waals surface area (Å²) in [6.45, 7) is 12.3. The number of hydrogen-bond acceptors (Lipinski definition) is 4. The Morgan fingerprint density at radius 3 is 2.29 bits per heavy atom. The summed E-state index contributed by atoms with van der Waals surface area (Å²) in [5.74, 6) is 1.19. The molecule has 1 amide bonds. The molecule has 2 aromatic rings. The van der Waals surface area contributed by atoms with E-state index in [9.17, 15) is 4.79 Å². The normalized spacial score (nSPS) is 19.2. The predicted octanol–water partition coefficient (Wildman–Crippen LogP) is 3.94. The van der Waals surface area contributed by atoms with Gasteiger partial charge in [-0.25, -0.2) is 0 Å². The van der Waals surface area contributed by atoms with E-state index in [1.807, 2.05) is 39.1 Å². The molecule has 0 bridgehead atoms. The molecule has 1 aromatic carbocycles. The summed E-state index contributed by atoms with van der Waals surface area (Å²) >= 11 is 0. The van der Waals surface area contributed by atoms with E-state index in [-0.39, 0.29) is 17.9 Å². The van der Waals surface area contributed by atoms with Crippen LogP contribution in [-0.4, -0.2) is 34.7 Å². The maximum Gasteiger partial charge on any atom is 0.237 e. The second-order valence-electron chi connectivity index (χ2n) is 7.00. The van der Waals surface area contributed by atoms with Gasteiger partial charge in [-0.2, -0.15) is 0 Å². The Morgan fingerprint density at radius 2 is 1.79 bits per heavy atom. The van der Waals surface area contributed by atoms with Crippen LogP contribution in [0, 0.1) is 0 Å². The highest BCUT2D eigenvalue weighted by Crippen LogP contribution is 2.38. The van der Waals surface area contributed by atoms with Gasteiger partial charge in [0.2, 0.25) is 11.8 Å². The van der Waals surface area contributed by atoms with Gasteiger partial charge in [-0.1, -0.05) is 58.5 Å². The first-order valence-corrected chi connectivity index (χ1v) is 9.74. The van der Waals surface area contributed by atoms with Crippen molar-refractivity contribution in [1.29, 1.82) is 0 Å². The van der Waals surface area contributed by atoms with Crippen LogP contribution in [0.3, 0.4) is 0 Å². The average molecular weight is 385 g/mol. The van der Waals surface area contributed by atoms with Crippen LogP contribution < -0.4 is 10.1 Å². The van der Waals surface area contributed by atoms with Gasteiger partial charge in [0.25, 0.3) is 0 Å². The molecule has 1 aromatic heterocycles. The highest BCUT2D eigenvalue weighted by atomic mass is 16.5. The molecule has 2 unspecified atom stereocenters. The van der Waals surface area contributed by atoms with Crippen LogP contribution in [0.15, 0.2) is 42.7 Å². The molecule has 152 valence electrons. The predicted molar refractivity (Wildman–Crippen MR) is 112 cm³/mol. The van der Waals surface area contributed by atoms with Crippen molar-refractivity contribution in [3.63, 3.8) is 0 Å². The Kier molecular flexibility index (Phi) is 6.89. The molecule has 1 aliphatic heterocycles. The number of rotatable bonds is 4. The summed E-state index contributed by atoms with van der Waals surface area (Å²) in [4.78, 5) is 14.7. The number of aryl methyl sites for hydroxylation is 1. The number of hydrogen-bond donors (Lipinski definition) is 1. The molecule has 1 fully saturated rings. The fraction of sp³-hybridized carbons (Fsp3) is 0.455. The van der Waals surface area contributed by atoms with Gasteiger partial charge >= 0.3 is 0 Å². The molecule has 0 radical (unpaired) electrons. The minimum atomic E-state index is -0.369. The Labute approximate surface area is 168 Å². The van der Waals surface area contributed by atoms with Crippen molar-refractivity contribution in [3.05, 3.63) is 59.6 Å². The molecular weight excluding hydrogens is 352 g/mol. The van der Waals surface area contributed by atoms with E-state index >= 15 is 0 Å². The molecule has 2 atom stereocenters. The van der Waals surface area contributed by atoms with E-state index in [0.29, 0.717) is 17.6 Å². The minimum absolute atomic E-state index is 0.0104. The monoisotopic (exact) mass is 384 g/mol. The average Bonchev–Trinajstić information content (AvgIpc) is 3.08. The number of nitrogens with one attached hydrogen (secondary N) is 1. The van der Waals surface area contributed by atoms with Gasteiger partial charge in [0.15, 0.2) is 0 Å². The third kappa shape index (κ3) is 4.06. The Balaban J connectivity index is 0.00000136. The maximum absolute atomic E-state index is 13.1. The second-order valence-corrected chi connectivity index (χ2v) is 7.00. The zero-order valence-electron chi connectivity index (χ0n) is 18.0. The van der Waals surface area contributed by atoms with E-state index in [2.05, 4.69) is 43.0 Å². The lowest BCUT2D eigenvalue weighted by Gasteiger charge is -2.39. The molecule has 1 aliphatic rings. The summed E-state index contributed by atoms with van der Waals surface area (Å²) in [6, 6.07) is 9.87. The molecule has 1 saturated heterocycles. The van der Waals surface area contributed by atoms with E-state index in [0.717, 1.165) is 11.3 Å². The summed E-state index contributed by atoms with van der Waals surface area (Å²) in [5, 5.41) is 7.71. The number of carbonyl (C=O) groups excluding carboxylic acids is 1. The number of benzene rings is 1. The maximum atomic E-state index is 13.1. The smallest absolute Gasteiger partial charge is 0.237 e. The molecule has 1 N–H and O–H groups in total. The van der Waals surface area contributed by atoms with Crippen molar-refractivity contribution in [1.82, 2.24) is 20.0 Å². The van der Waals surface area contributed by atoms with Gasteiger partial charge in [-0.3, -0.25) is 9.48 Å². The number of aromatic nitrogens is 2. The van der Waals surface area contributed by atoms with Crippen molar-refractivity contribution in [2.45, 2.75) is 45.6 Å². The number of ether oxygens (including phenoxy) is 1. The first-order chi connectivity index (χ1) is 13.3. The van der Waals surface area contributed by atoms with Gasteiger partial charge in [-0.05, 0) is 17.0 Å². The quantitative estimate of drug-likeness (QED) is 0.867. The van der Waals surface area contributed by atoms with Crippen LogP contribution in [0.5, 0.6) is 5.88 Å². The summed E-state index contributed by atoms with van der Waals surface area (Å²) in [5.41, 5.74) is 3.10. The van der Waals surface area contributed by atoms with Crippen molar-refractivity contribution in [2.75, 3.05) is 14.2 Å². The number of nitrogens with zero attached hydrogens (tertiary/aromatic N) is 3.